The van der Waals surface area contributed by atoms with Crippen LogP contribution in [-0.2, 0) is 20.2 Å². The van der Waals surface area contributed by atoms with Gasteiger partial charge in [-0.15, -0.1) is 0 Å². The van der Waals surface area contributed by atoms with Gasteiger partial charge in [-0.2, -0.15) is 9.61 Å². The van der Waals surface area contributed by atoms with Crippen LogP contribution in [0.5, 0.6) is 0 Å². The first kappa shape index (κ1) is 25.2. The second kappa shape index (κ2) is 8.99. The van der Waals surface area contributed by atoms with E-state index < -0.39 is 22.0 Å². The molecule has 38 heavy (non-hydrogen) atoms. The number of amides is 1. The Kier molecular flexibility index (Phi) is 5.96. The summed E-state index contributed by atoms with van der Waals surface area (Å²) in [6.07, 6.45) is 10.4. The molecule has 3 aromatic heterocycles. The number of hydrogen-bond acceptors (Lipinski definition) is 9. The summed E-state index contributed by atoms with van der Waals surface area (Å²) in [5.74, 6) is -0.504. The van der Waals surface area contributed by atoms with Crippen LogP contribution in [0.4, 0.5) is 5.82 Å². The molecule has 3 aliphatic rings. The van der Waals surface area contributed by atoms with E-state index in [-0.39, 0.29) is 34.6 Å². The first-order valence-corrected chi connectivity index (χ1v) is 15.0. The second-order valence-electron chi connectivity index (χ2n) is 11.0. The van der Waals surface area contributed by atoms with E-state index in [0.717, 1.165) is 37.5 Å². The number of nitrogens with two attached hydrogens (primary N) is 1. The van der Waals surface area contributed by atoms with Crippen molar-refractivity contribution in [1.29, 1.82) is 0 Å². The molecule has 0 spiro atoms. The van der Waals surface area contributed by atoms with Gasteiger partial charge in [-0.1, -0.05) is 18.9 Å². The van der Waals surface area contributed by atoms with Gasteiger partial charge in [0.15, 0.2) is 15.5 Å². The fourth-order valence-corrected chi connectivity index (χ4v) is 7.87. The van der Waals surface area contributed by atoms with Gasteiger partial charge in [0.1, 0.15) is 22.9 Å². The highest BCUT2D eigenvalue weighted by molar-refractivity contribution is 7.91. The molecule has 2 bridgehead atoms. The second-order valence-corrected chi connectivity index (χ2v) is 12.9. The third kappa shape index (κ3) is 3.97. The SMILES string of the molecule is CS(=O)(=O)c1c(C2C[C@H]3CC[C@@H](C2)N3C(=O)CO)nc2c(-c3ccc(C4(O)CCCC4)nc3)cnn2c1N. The van der Waals surface area contributed by atoms with E-state index in [4.69, 9.17) is 10.7 Å². The molecular formula is C26H32N6O5S. The summed E-state index contributed by atoms with van der Waals surface area (Å²) in [6, 6.07) is 3.54. The molecule has 202 valence electrons. The molecular weight excluding hydrogens is 508 g/mol. The highest BCUT2D eigenvalue weighted by Crippen LogP contribution is 2.45. The van der Waals surface area contributed by atoms with Gasteiger partial charge in [-0.05, 0) is 44.6 Å². The molecule has 0 radical (unpaired) electrons. The highest BCUT2D eigenvalue weighted by Gasteiger charge is 2.45. The fourth-order valence-electron chi connectivity index (χ4n) is 6.81. The number of nitrogens with zero attached hydrogens (tertiary/aromatic N) is 5. The van der Waals surface area contributed by atoms with Crippen LogP contribution in [0, 0.1) is 0 Å². The van der Waals surface area contributed by atoms with E-state index in [0.29, 0.717) is 48.3 Å². The third-order valence-corrected chi connectivity index (χ3v) is 9.72. The third-order valence-electron chi connectivity index (χ3n) is 8.56. The Balaban J connectivity index is 1.43. The lowest BCUT2D eigenvalue weighted by Gasteiger charge is -2.39. The zero-order chi connectivity index (χ0) is 26.8. The average Bonchev–Trinajstić information content (AvgIpc) is 3.59. The predicted octanol–water partition coefficient (Wildman–Crippen LogP) is 1.77. The van der Waals surface area contributed by atoms with Crippen molar-refractivity contribution >= 4 is 27.2 Å². The number of fused-ring (bicyclic) bond motifs is 3. The number of aromatic nitrogens is 4. The largest absolute Gasteiger partial charge is 0.387 e. The van der Waals surface area contributed by atoms with Crippen LogP contribution in [-0.4, -0.2) is 74.0 Å². The van der Waals surface area contributed by atoms with E-state index in [1.54, 1.807) is 17.3 Å². The Morgan fingerprint density at radius 3 is 2.42 bits per heavy atom. The number of hydrogen-bond donors (Lipinski definition) is 3. The summed E-state index contributed by atoms with van der Waals surface area (Å²) in [4.78, 5) is 23.5. The number of anilines is 1. The maximum atomic E-state index is 12.9. The number of aliphatic hydroxyl groups is 2. The molecule has 1 saturated carbocycles. The quantitative estimate of drug-likeness (QED) is 0.437. The molecule has 12 heteroatoms. The lowest BCUT2D eigenvalue weighted by atomic mass is 9.87. The molecule has 0 aromatic carbocycles. The number of carbonyl (C=O) groups excluding carboxylic acids is 1. The lowest BCUT2D eigenvalue weighted by molar-refractivity contribution is -0.138. The monoisotopic (exact) mass is 540 g/mol. The minimum absolute atomic E-state index is 0.00445. The molecule has 3 aromatic rings. The van der Waals surface area contributed by atoms with Crippen molar-refractivity contribution in [2.75, 3.05) is 18.6 Å². The normalized spacial score (nSPS) is 24.8. The van der Waals surface area contributed by atoms with Gasteiger partial charge in [-0.3, -0.25) is 9.78 Å². The molecule has 1 aliphatic carbocycles. The van der Waals surface area contributed by atoms with Crippen molar-refractivity contribution < 1.29 is 23.4 Å². The van der Waals surface area contributed by atoms with E-state index >= 15 is 0 Å². The number of rotatable bonds is 5. The summed E-state index contributed by atoms with van der Waals surface area (Å²) in [5.41, 5.74) is 8.41. The number of nitrogen functional groups attached to an aromatic ring is 1. The average molecular weight is 541 g/mol. The summed E-state index contributed by atoms with van der Waals surface area (Å²) in [7, 11) is -3.74. The summed E-state index contributed by atoms with van der Waals surface area (Å²) >= 11 is 0. The van der Waals surface area contributed by atoms with Crippen molar-refractivity contribution in [1.82, 2.24) is 24.5 Å². The minimum atomic E-state index is -3.74. The Morgan fingerprint density at radius 1 is 1.16 bits per heavy atom. The van der Waals surface area contributed by atoms with Crippen molar-refractivity contribution in [3.8, 4) is 11.1 Å². The predicted molar refractivity (Wildman–Crippen MR) is 139 cm³/mol. The molecule has 4 N–H and O–H groups in total. The van der Waals surface area contributed by atoms with Crippen molar-refractivity contribution in [3.63, 3.8) is 0 Å². The van der Waals surface area contributed by atoms with Crippen molar-refractivity contribution in [2.45, 2.75) is 79.9 Å². The van der Waals surface area contributed by atoms with E-state index in [1.165, 1.54) is 4.52 Å². The zero-order valence-corrected chi connectivity index (χ0v) is 22.1. The van der Waals surface area contributed by atoms with Gasteiger partial charge in [0.05, 0.1) is 17.6 Å². The van der Waals surface area contributed by atoms with Crippen molar-refractivity contribution in [3.05, 3.63) is 35.9 Å². The molecule has 11 nitrogen and oxygen atoms in total. The molecule has 6 rings (SSSR count). The molecule has 2 aliphatic heterocycles. The number of carbonyl (C=O) groups is 1. The van der Waals surface area contributed by atoms with Crippen LogP contribution in [0.2, 0.25) is 0 Å². The Hall–Kier alpha value is -3.09. The van der Waals surface area contributed by atoms with E-state index in [1.807, 2.05) is 12.1 Å². The maximum Gasteiger partial charge on any atom is 0.248 e. The summed E-state index contributed by atoms with van der Waals surface area (Å²) < 4.78 is 27.2. The van der Waals surface area contributed by atoms with Gasteiger partial charge in [-0.25, -0.2) is 13.4 Å². The standard InChI is InChI=1S/C26H32N6O5S/c1-38(36,37)23-22(16-10-17-5-6-18(11-16)31(17)21(34)14-33)30-25-19(13-29-32(25)24(23)27)15-4-7-20(28-12-15)26(35)8-2-3-9-26/h4,7,12-13,16-18,33,35H,2-3,5-6,8-11,14,27H2,1H3/t16?,17-,18+. The molecule has 3 atom stereocenters. The van der Waals surface area contributed by atoms with E-state index in [9.17, 15) is 23.4 Å². The fraction of sp³-hybridized carbons (Fsp3) is 0.538. The first-order chi connectivity index (χ1) is 18.1. The highest BCUT2D eigenvalue weighted by atomic mass is 32.2. The maximum absolute atomic E-state index is 12.9. The summed E-state index contributed by atoms with van der Waals surface area (Å²) in [5, 5.41) is 24.7. The van der Waals surface area contributed by atoms with Crippen LogP contribution in [0.1, 0.15) is 68.7 Å². The Bertz CT molecular complexity index is 1500. The number of piperidine rings is 1. The molecule has 1 amide bonds. The lowest BCUT2D eigenvalue weighted by Crippen LogP contribution is -2.47. The van der Waals surface area contributed by atoms with Gasteiger partial charge >= 0.3 is 0 Å². The smallest absolute Gasteiger partial charge is 0.248 e. The number of aliphatic hydroxyl groups excluding tert-OH is 1. The first-order valence-electron chi connectivity index (χ1n) is 13.1. The van der Waals surface area contributed by atoms with Gasteiger partial charge in [0.25, 0.3) is 0 Å². The Morgan fingerprint density at radius 2 is 1.84 bits per heavy atom. The van der Waals surface area contributed by atoms with Crippen LogP contribution in [0.3, 0.4) is 0 Å². The van der Waals surface area contributed by atoms with E-state index in [2.05, 4.69) is 10.1 Å². The minimum Gasteiger partial charge on any atom is -0.387 e. The van der Waals surface area contributed by atoms with Gasteiger partial charge in [0.2, 0.25) is 5.91 Å². The van der Waals surface area contributed by atoms with Crippen LogP contribution < -0.4 is 5.73 Å². The molecule has 3 fully saturated rings. The topological polar surface area (TPSA) is 164 Å². The number of pyridine rings is 1. The molecule has 5 heterocycles. The Labute approximate surface area is 220 Å². The van der Waals surface area contributed by atoms with Crippen LogP contribution >= 0.6 is 0 Å². The van der Waals surface area contributed by atoms with Crippen LogP contribution in [0.25, 0.3) is 16.8 Å². The zero-order valence-electron chi connectivity index (χ0n) is 21.2. The molecule has 1 unspecified atom stereocenters. The van der Waals surface area contributed by atoms with Gasteiger partial charge in [0, 0.05) is 41.6 Å². The van der Waals surface area contributed by atoms with Gasteiger partial charge < -0.3 is 20.8 Å². The number of sulfone groups is 1. The van der Waals surface area contributed by atoms with Crippen LogP contribution in [0.15, 0.2) is 29.4 Å². The van der Waals surface area contributed by atoms with Crippen molar-refractivity contribution in [2.24, 2.45) is 0 Å². The molecule has 2 saturated heterocycles. The summed E-state index contributed by atoms with van der Waals surface area (Å²) in [6.45, 7) is -0.535.